The Labute approximate surface area is 106 Å². The van der Waals surface area contributed by atoms with E-state index in [-0.39, 0.29) is 17.0 Å². The molecule has 0 aliphatic rings. The predicted octanol–water partition coefficient (Wildman–Crippen LogP) is -0.320. The Balaban J connectivity index is 3.13. The second-order valence-electron chi connectivity index (χ2n) is 4.09. The van der Waals surface area contributed by atoms with Crippen molar-refractivity contribution < 1.29 is 18.6 Å². The van der Waals surface area contributed by atoms with E-state index in [1.165, 1.54) is 12.1 Å². The Morgan fingerprint density at radius 2 is 1.83 bits per heavy atom. The van der Waals surface area contributed by atoms with Crippen LogP contribution < -0.4 is 10.5 Å². The van der Waals surface area contributed by atoms with Gasteiger partial charge in [-0.3, -0.25) is 0 Å². The lowest BCUT2D eigenvalue weighted by molar-refractivity contribution is 0.105. The quantitative estimate of drug-likeness (QED) is 0.531. The van der Waals surface area contributed by atoms with Gasteiger partial charge in [0, 0.05) is 0 Å². The summed E-state index contributed by atoms with van der Waals surface area (Å²) in [6.45, 7) is 0.682. The third-order valence-corrected chi connectivity index (χ3v) is 4.49. The van der Waals surface area contributed by atoms with E-state index in [0.717, 1.165) is 0 Å². The fourth-order valence-electron chi connectivity index (χ4n) is 1.48. The topological polar surface area (TPSA) is 113 Å². The van der Waals surface area contributed by atoms with Gasteiger partial charge in [0.15, 0.2) is 0 Å². The highest BCUT2D eigenvalue weighted by Gasteiger charge is 2.33. The van der Waals surface area contributed by atoms with Crippen molar-refractivity contribution >= 4 is 15.7 Å². The average Bonchev–Trinajstić information content (AvgIpc) is 2.36. The van der Waals surface area contributed by atoms with Crippen LogP contribution in [0.2, 0.25) is 0 Å². The molecule has 0 aliphatic carbocycles. The van der Waals surface area contributed by atoms with Gasteiger partial charge in [0.25, 0.3) is 0 Å². The zero-order chi connectivity index (χ0) is 13.8. The van der Waals surface area contributed by atoms with Gasteiger partial charge in [-0.1, -0.05) is 19.1 Å². The van der Waals surface area contributed by atoms with Gasteiger partial charge < -0.3 is 15.9 Å². The Bertz CT molecular complexity index is 489. The van der Waals surface area contributed by atoms with Crippen LogP contribution >= 0.6 is 0 Å². The minimum atomic E-state index is -3.88. The van der Waals surface area contributed by atoms with Crippen LogP contribution in [0.15, 0.2) is 29.2 Å². The number of aliphatic hydroxyl groups excluding tert-OH is 2. The number of nitrogens with two attached hydrogens (primary N) is 1. The molecule has 1 rings (SSSR count). The fourth-order valence-corrected chi connectivity index (χ4v) is 3.07. The SMILES string of the molecule is CCC(CO)(CO)NS(=O)(=O)c1ccccc1N. The number of benzene rings is 1. The van der Waals surface area contributed by atoms with Crippen molar-refractivity contribution in [3.05, 3.63) is 24.3 Å². The lowest BCUT2D eigenvalue weighted by Gasteiger charge is -2.29. The summed E-state index contributed by atoms with van der Waals surface area (Å²) in [6.07, 6.45) is 0.256. The maximum Gasteiger partial charge on any atom is 0.243 e. The Morgan fingerprint density at radius 3 is 2.28 bits per heavy atom. The summed E-state index contributed by atoms with van der Waals surface area (Å²) < 4.78 is 26.6. The summed E-state index contributed by atoms with van der Waals surface area (Å²) in [7, 11) is -3.88. The average molecular weight is 274 g/mol. The lowest BCUT2D eigenvalue weighted by atomic mass is 10.0. The predicted molar refractivity (Wildman–Crippen MR) is 68.4 cm³/mol. The van der Waals surface area contributed by atoms with E-state index in [4.69, 9.17) is 5.73 Å². The zero-order valence-electron chi connectivity index (χ0n) is 10.1. The molecule has 0 aliphatic heterocycles. The van der Waals surface area contributed by atoms with Crippen molar-refractivity contribution in [2.45, 2.75) is 23.8 Å². The number of anilines is 1. The summed E-state index contributed by atoms with van der Waals surface area (Å²) in [4.78, 5) is -0.0651. The summed E-state index contributed by atoms with van der Waals surface area (Å²) in [6, 6.07) is 6.02. The highest BCUT2D eigenvalue weighted by molar-refractivity contribution is 7.89. The number of rotatable bonds is 6. The van der Waals surface area contributed by atoms with Crippen LogP contribution in [-0.2, 0) is 10.0 Å². The van der Waals surface area contributed by atoms with Crippen LogP contribution in [0.25, 0.3) is 0 Å². The lowest BCUT2D eigenvalue weighted by Crippen LogP contribution is -2.53. The second-order valence-corrected chi connectivity index (χ2v) is 5.74. The number of nitrogens with one attached hydrogen (secondary N) is 1. The second kappa shape index (κ2) is 5.66. The molecule has 0 fully saturated rings. The van der Waals surface area contributed by atoms with Crippen molar-refractivity contribution in [2.24, 2.45) is 0 Å². The molecule has 6 nitrogen and oxygen atoms in total. The minimum absolute atomic E-state index is 0.0651. The molecule has 1 aromatic carbocycles. The van der Waals surface area contributed by atoms with Gasteiger partial charge in [-0.05, 0) is 18.6 Å². The molecule has 0 saturated heterocycles. The van der Waals surface area contributed by atoms with E-state index in [1.807, 2.05) is 0 Å². The molecule has 0 radical (unpaired) electrons. The molecule has 0 atom stereocenters. The number of nitrogen functional groups attached to an aromatic ring is 1. The van der Waals surface area contributed by atoms with E-state index in [1.54, 1.807) is 19.1 Å². The molecule has 0 bridgehead atoms. The van der Waals surface area contributed by atoms with E-state index in [0.29, 0.717) is 0 Å². The van der Waals surface area contributed by atoms with E-state index in [9.17, 15) is 18.6 Å². The molecule has 0 aromatic heterocycles. The third-order valence-electron chi connectivity index (χ3n) is 2.84. The molecule has 7 heteroatoms. The van der Waals surface area contributed by atoms with Gasteiger partial charge >= 0.3 is 0 Å². The summed E-state index contributed by atoms with van der Waals surface area (Å²) in [5, 5.41) is 18.5. The largest absolute Gasteiger partial charge is 0.398 e. The molecule has 0 unspecified atom stereocenters. The van der Waals surface area contributed by atoms with Crippen LogP contribution in [0.3, 0.4) is 0 Å². The normalized spacial score (nSPS) is 12.6. The van der Waals surface area contributed by atoms with Gasteiger partial charge in [-0.15, -0.1) is 0 Å². The van der Waals surface area contributed by atoms with Gasteiger partial charge in [0.05, 0.1) is 24.4 Å². The van der Waals surface area contributed by atoms with Crippen molar-refractivity contribution in [3.8, 4) is 0 Å². The van der Waals surface area contributed by atoms with Crippen LogP contribution in [0.4, 0.5) is 5.69 Å². The summed E-state index contributed by atoms with van der Waals surface area (Å²) in [5.41, 5.74) is 4.45. The van der Waals surface area contributed by atoms with E-state index in [2.05, 4.69) is 4.72 Å². The highest BCUT2D eigenvalue weighted by atomic mass is 32.2. The smallest absolute Gasteiger partial charge is 0.243 e. The molecule has 0 spiro atoms. The van der Waals surface area contributed by atoms with Crippen LogP contribution in [0.5, 0.6) is 0 Å². The van der Waals surface area contributed by atoms with Crippen LogP contribution in [0.1, 0.15) is 13.3 Å². The molecular formula is C11H18N2O4S. The number of aliphatic hydroxyl groups is 2. The van der Waals surface area contributed by atoms with Crippen molar-refractivity contribution in [1.82, 2.24) is 4.72 Å². The van der Waals surface area contributed by atoms with Crippen LogP contribution in [0, 0.1) is 0 Å². The molecular weight excluding hydrogens is 256 g/mol. The highest BCUT2D eigenvalue weighted by Crippen LogP contribution is 2.20. The molecule has 0 amide bonds. The van der Waals surface area contributed by atoms with E-state index < -0.39 is 28.8 Å². The first-order valence-corrected chi connectivity index (χ1v) is 6.99. The van der Waals surface area contributed by atoms with Crippen LogP contribution in [-0.4, -0.2) is 37.4 Å². The number of sulfonamides is 1. The Hall–Kier alpha value is -1.15. The van der Waals surface area contributed by atoms with E-state index >= 15 is 0 Å². The van der Waals surface area contributed by atoms with Crippen molar-refractivity contribution in [3.63, 3.8) is 0 Å². The van der Waals surface area contributed by atoms with Gasteiger partial charge in [0.2, 0.25) is 10.0 Å². The maximum atomic E-state index is 12.1. The third kappa shape index (κ3) is 2.99. The molecule has 18 heavy (non-hydrogen) atoms. The first-order valence-electron chi connectivity index (χ1n) is 5.51. The van der Waals surface area contributed by atoms with Gasteiger partial charge in [-0.2, -0.15) is 0 Å². The molecule has 0 heterocycles. The van der Waals surface area contributed by atoms with Crippen molar-refractivity contribution in [1.29, 1.82) is 0 Å². The van der Waals surface area contributed by atoms with Gasteiger partial charge in [-0.25, -0.2) is 13.1 Å². The molecule has 1 aromatic rings. The molecule has 102 valence electrons. The Morgan fingerprint density at radius 1 is 1.28 bits per heavy atom. The monoisotopic (exact) mass is 274 g/mol. The standard InChI is InChI=1S/C11H18N2O4S/c1-2-11(7-14,8-15)13-18(16,17)10-6-4-3-5-9(10)12/h3-6,13-15H,2,7-8,12H2,1H3. The minimum Gasteiger partial charge on any atom is -0.398 e. The number of hydrogen-bond acceptors (Lipinski definition) is 5. The maximum absolute atomic E-state index is 12.1. The van der Waals surface area contributed by atoms with Crippen molar-refractivity contribution in [2.75, 3.05) is 18.9 Å². The number of para-hydroxylation sites is 1. The summed E-state index contributed by atoms with van der Waals surface area (Å²) >= 11 is 0. The Kier molecular flexibility index (Phi) is 4.69. The summed E-state index contributed by atoms with van der Waals surface area (Å²) in [5.74, 6) is 0. The first kappa shape index (κ1) is 14.9. The number of hydrogen-bond donors (Lipinski definition) is 4. The molecule has 0 saturated carbocycles. The fraction of sp³-hybridized carbons (Fsp3) is 0.455. The first-order chi connectivity index (χ1) is 8.40. The zero-order valence-corrected chi connectivity index (χ0v) is 10.9. The molecule has 5 N–H and O–H groups in total. The van der Waals surface area contributed by atoms with Gasteiger partial charge in [0.1, 0.15) is 4.90 Å².